The summed E-state index contributed by atoms with van der Waals surface area (Å²) in [5.74, 6) is 0.756. The third kappa shape index (κ3) is 3.88. The Morgan fingerprint density at radius 2 is 1.76 bits per heavy atom. The van der Waals surface area contributed by atoms with Crippen LogP contribution in [0.1, 0.15) is 29.2 Å². The molecule has 2 aromatic heterocycles. The maximum atomic E-state index is 12.5. The molecule has 7 rings (SSSR count). The molecule has 4 heterocycles. The van der Waals surface area contributed by atoms with Gasteiger partial charge in [0.05, 0.1) is 11.4 Å². The van der Waals surface area contributed by atoms with Gasteiger partial charge in [0.15, 0.2) is 11.5 Å². The van der Waals surface area contributed by atoms with Gasteiger partial charge in [-0.05, 0) is 41.8 Å². The number of hydrogen-bond acceptors (Lipinski definition) is 7. The summed E-state index contributed by atoms with van der Waals surface area (Å²) in [6, 6.07) is 15.1. The highest BCUT2D eigenvalue weighted by Crippen LogP contribution is 2.51. The predicted octanol–water partition coefficient (Wildman–Crippen LogP) is 4.64. The molecule has 2 aliphatic rings. The van der Waals surface area contributed by atoms with E-state index < -0.39 is 12.0 Å². The molecule has 0 saturated carbocycles. The van der Waals surface area contributed by atoms with Gasteiger partial charge in [-0.25, -0.2) is 14.8 Å². The SMILES string of the molecule is NC(=O)c1ccc2ccccc2c1-c1ccc(-c2cn([C@@H]3CCCN(C(=O)O)C3)c3ncnc(N)c23)c2c1OCO2. The number of hydrogen-bond donors (Lipinski definition) is 3. The van der Waals surface area contributed by atoms with E-state index in [1.807, 2.05) is 53.2 Å². The van der Waals surface area contributed by atoms with Crippen LogP contribution in [0.5, 0.6) is 11.5 Å². The molecule has 2 amide bonds. The Bertz CT molecular complexity index is 1880. The summed E-state index contributed by atoms with van der Waals surface area (Å²) in [6.07, 6.45) is 3.94. The Kier molecular flexibility index (Phi) is 5.67. The third-order valence-electron chi connectivity index (χ3n) is 7.97. The zero-order valence-electron chi connectivity index (χ0n) is 21.9. The largest absolute Gasteiger partial charge is 0.465 e. The number of anilines is 1. The van der Waals surface area contributed by atoms with Gasteiger partial charge < -0.3 is 35.5 Å². The number of likely N-dealkylation sites (tertiary alicyclic amines) is 1. The monoisotopic (exact) mass is 550 g/mol. The van der Waals surface area contributed by atoms with E-state index in [0.29, 0.717) is 58.1 Å². The number of benzene rings is 3. The van der Waals surface area contributed by atoms with Gasteiger partial charge in [-0.15, -0.1) is 0 Å². The highest BCUT2D eigenvalue weighted by Gasteiger charge is 2.31. The standard InChI is InChI=1S/C30H26N6O5/c31-27-24-22(13-36(29(24)34-14-33-27)17-5-3-11-35(12-17)30(38)39)19-9-10-20(26-25(19)40-15-41-26)23-18-6-2-1-4-16(18)7-8-21(23)28(32)37/h1-2,4,6-10,13-14,17H,3,5,11-12,15H2,(H2,32,37)(H,38,39)(H2,31,33,34)/t17-/m1/s1. The quantitative estimate of drug-likeness (QED) is 0.292. The van der Waals surface area contributed by atoms with Gasteiger partial charge in [0, 0.05) is 47.1 Å². The summed E-state index contributed by atoms with van der Waals surface area (Å²) in [4.78, 5) is 34.4. The van der Waals surface area contributed by atoms with Crippen molar-refractivity contribution in [1.82, 2.24) is 19.4 Å². The maximum Gasteiger partial charge on any atom is 0.407 e. The van der Waals surface area contributed by atoms with Crippen molar-refractivity contribution in [2.45, 2.75) is 18.9 Å². The molecular formula is C30H26N6O5. The van der Waals surface area contributed by atoms with Crippen LogP contribution < -0.4 is 20.9 Å². The van der Waals surface area contributed by atoms with Gasteiger partial charge >= 0.3 is 6.09 Å². The molecule has 11 nitrogen and oxygen atoms in total. The lowest BCUT2D eigenvalue weighted by molar-refractivity contribution is 0.100. The lowest BCUT2D eigenvalue weighted by Crippen LogP contribution is -2.39. The molecule has 5 N–H and O–H groups in total. The molecule has 206 valence electrons. The van der Waals surface area contributed by atoms with Crippen molar-refractivity contribution in [2.24, 2.45) is 5.73 Å². The number of nitrogens with two attached hydrogens (primary N) is 2. The number of ether oxygens (including phenoxy) is 2. The number of nitrogens with zero attached hydrogens (tertiary/aromatic N) is 4. The number of rotatable bonds is 4. The number of carbonyl (C=O) groups excluding carboxylic acids is 1. The fourth-order valence-corrected chi connectivity index (χ4v) is 6.12. The zero-order valence-corrected chi connectivity index (χ0v) is 21.9. The molecule has 1 fully saturated rings. The Balaban J connectivity index is 1.43. The first-order chi connectivity index (χ1) is 19.9. The minimum atomic E-state index is -0.941. The van der Waals surface area contributed by atoms with E-state index in [-0.39, 0.29) is 12.8 Å². The van der Waals surface area contributed by atoms with E-state index in [2.05, 4.69) is 9.97 Å². The fraction of sp³-hybridized carbons (Fsp3) is 0.200. The van der Waals surface area contributed by atoms with Crippen molar-refractivity contribution in [2.75, 3.05) is 25.6 Å². The number of carboxylic acid groups (broad SMARTS) is 1. The van der Waals surface area contributed by atoms with Gasteiger partial charge in [0.2, 0.25) is 12.7 Å². The van der Waals surface area contributed by atoms with E-state index in [9.17, 15) is 14.7 Å². The normalized spacial score (nSPS) is 16.4. The number of carbonyl (C=O) groups is 2. The van der Waals surface area contributed by atoms with E-state index in [4.69, 9.17) is 20.9 Å². The maximum absolute atomic E-state index is 12.5. The van der Waals surface area contributed by atoms with Crippen LogP contribution in [0.15, 0.2) is 61.1 Å². The highest BCUT2D eigenvalue weighted by atomic mass is 16.7. The second-order valence-corrected chi connectivity index (χ2v) is 10.2. The number of primary amides is 1. The van der Waals surface area contributed by atoms with Gasteiger partial charge in [0.1, 0.15) is 17.8 Å². The summed E-state index contributed by atoms with van der Waals surface area (Å²) < 4.78 is 14.0. The summed E-state index contributed by atoms with van der Waals surface area (Å²) >= 11 is 0. The first kappa shape index (κ1) is 24.7. The van der Waals surface area contributed by atoms with Crippen molar-refractivity contribution < 1.29 is 24.2 Å². The number of piperidine rings is 1. The van der Waals surface area contributed by atoms with Gasteiger partial charge in [-0.2, -0.15) is 0 Å². The van der Waals surface area contributed by atoms with Crippen LogP contribution >= 0.6 is 0 Å². The molecule has 0 unspecified atom stereocenters. The molecule has 1 saturated heterocycles. The van der Waals surface area contributed by atoms with Crippen LogP contribution in [-0.2, 0) is 0 Å². The molecule has 11 heteroatoms. The van der Waals surface area contributed by atoms with E-state index in [1.165, 1.54) is 11.2 Å². The number of fused-ring (bicyclic) bond motifs is 3. The number of nitrogen functional groups attached to an aromatic ring is 1. The molecule has 2 aliphatic heterocycles. The van der Waals surface area contributed by atoms with E-state index in [1.54, 1.807) is 6.07 Å². The molecule has 3 aromatic carbocycles. The summed E-state index contributed by atoms with van der Waals surface area (Å²) in [5, 5.41) is 12.1. The molecular weight excluding hydrogens is 524 g/mol. The minimum Gasteiger partial charge on any atom is -0.465 e. The van der Waals surface area contributed by atoms with Crippen LogP contribution in [0.4, 0.5) is 10.6 Å². The number of aromatic nitrogens is 3. The average Bonchev–Trinajstić information content (AvgIpc) is 3.63. The van der Waals surface area contributed by atoms with Crippen LogP contribution in [0.3, 0.4) is 0 Å². The molecule has 0 bridgehead atoms. The number of amides is 2. The van der Waals surface area contributed by atoms with Gasteiger partial charge in [0.25, 0.3) is 0 Å². The van der Waals surface area contributed by atoms with E-state index in [0.717, 1.165) is 34.7 Å². The van der Waals surface area contributed by atoms with Gasteiger partial charge in [-0.3, -0.25) is 4.79 Å². The molecule has 0 spiro atoms. The molecule has 0 radical (unpaired) electrons. The molecule has 41 heavy (non-hydrogen) atoms. The van der Waals surface area contributed by atoms with Gasteiger partial charge in [-0.1, -0.05) is 30.3 Å². The Labute approximate surface area is 233 Å². The van der Waals surface area contributed by atoms with Crippen molar-refractivity contribution in [3.63, 3.8) is 0 Å². The van der Waals surface area contributed by atoms with E-state index >= 15 is 0 Å². The summed E-state index contributed by atoms with van der Waals surface area (Å²) in [6.45, 7) is 0.837. The van der Waals surface area contributed by atoms with Crippen molar-refractivity contribution >= 4 is 39.6 Å². The van der Waals surface area contributed by atoms with Crippen molar-refractivity contribution in [3.05, 3.63) is 66.6 Å². The Morgan fingerprint density at radius 1 is 0.976 bits per heavy atom. The summed E-state index contributed by atoms with van der Waals surface area (Å²) in [7, 11) is 0. The molecule has 0 aliphatic carbocycles. The van der Waals surface area contributed by atoms with Crippen LogP contribution in [0.25, 0.3) is 44.1 Å². The molecule has 1 atom stereocenters. The van der Waals surface area contributed by atoms with Crippen LogP contribution in [-0.4, -0.2) is 56.4 Å². The zero-order chi connectivity index (χ0) is 28.2. The summed E-state index contributed by atoms with van der Waals surface area (Å²) in [5.41, 5.74) is 16.0. The van der Waals surface area contributed by atoms with Crippen molar-refractivity contribution in [1.29, 1.82) is 0 Å². The third-order valence-corrected chi connectivity index (χ3v) is 7.97. The average molecular weight is 551 g/mol. The van der Waals surface area contributed by atoms with Crippen molar-refractivity contribution in [3.8, 4) is 33.8 Å². The predicted molar refractivity (Wildman–Crippen MR) is 153 cm³/mol. The minimum absolute atomic E-state index is 0.00314. The second-order valence-electron chi connectivity index (χ2n) is 10.2. The molecule has 5 aromatic rings. The Hall–Kier alpha value is -5.32. The Morgan fingerprint density at radius 3 is 2.56 bits per heavy atom. The fourth-order valence-electron chi connectivity index (χ4n) is 6.12. The second kappa shape index (κ2) is 9.40. The lowest BCUT2D eigenvalue weighted by Gasteiger charge is -2.31. The smallest absolute Gasteiger partial charge is 0.407 e. The highest BCUT2D eigenvalue weighted by molar-refractivity contribution is 6.11. The van der Waals surface area contributed by atoms with Crippen LogP contribution in [0.2, 0.25) is 0 Å². The topological polar surface area (TPSA) is 159 Å². The first-order valence-electron chi connectivity index (χ1n) is 13.3. The first-order valence-corrected chi connectivity index (χ1v) is 13.3. The van der Waals surface area contributed by atoms with Crippen LogP contribution in [0, 0.1) is 0 Å². The lowest BCUT2D eigenvalue weighted by atomic mass is 9.90.